The van der Waals surface area contributed by atoms with Crippen molar-refractivity contribution >= 4 is 11.7 Å². The van der Waals surface area contributed by atoms with Gasteiger partial charge in [-0.05, 0) is 13.8 Å². The fraction of sp³-hybridized carbons (Fsp3) is 0.364. The highest BCUT2D eigenvalue weighted by atomic mass is 16.7. The molecule has 17 heavy (non-hydrogen) atoms. The molecule has 0 atom stereocenters. The number of aromatic nitrogens is 2. The Kier molecular flexibility index (Phi) is 3.34. The van der Waals surface area contributed by atoms with E-state index in [1.807, 2.05) is 13.8 Å². The van der Waals surface area contributed by atoms with Crippen LogP contribution in [-0.2, 0) is 16.1 Å². The lowest BCUT2D eigenvalue weighted by Gasteiger charge is -2.16. The first-order valence-electron chi connectivity index (χ1n) is 5.37. The van der Waals surface area contributed by atoms with Gasteiger partial charge in [0.15, 0.2) is 0 Å². The molecule has 0 aliphatic carbocycles. The Balaban J connectivity index is 2.01. The van der Waals surface area contributed by atoms with Crippen LogP contribution in [0.4, 0.5) is 5.82 Å². The molecule has 0 spiro atoms. The van der Waals surface area contributed by atoms with Crippen molar-refractivity contribution < 1.29 is 9.63 Å². The van der Waals surface area contributed by atoms with Crippen molar-refractivity contribution in [1.29, 1.82) is 0 Å². The highest BCUT2D eigenvalue weighted by molar-refractivity contribution is 5.94. The first kappa shape index (κ1) is 11.5. The van der Waals surface area contributed by atoms with E-state index in [4.69, 9.17) is 4.84 Å². The summed E-state index contributed by atoms with van der Waals surface area (Å²) in [6, 6.07) is 0. The second-order valence-electron chi connectivity index (χ2n) is 3.99. The fourth-order valence-corrected chi connectivity index (χ4v) is 1.41. The molecule has 1 aliphatic heterocycles. The predicted octanol–water partition coefficient (Wildman–Crippen LogP) is 0.785. The summed E-state index contributed by atoms with van der Waals surface area (Å²) in [5.41, 5.74) is 3.88. The van der Waals surface area contributed by atoms with Crippen molar-refractivity contribution in [2.75, 3.05) is 5.32 Å². The molecule has 0 unspecified atom stereocenters. The molecule has 0 saturated heterocycles. The zero-order chi connectivity index (χ0) is 12.3. The molecule has 0 bridgehead atoms. The summed E-state index contributed by atoms with van der Waals surface area (Å²) < 4.78 is 0. The number of anilines is 1. The van der Waals surface area contributed by atoms with Crippen LogP contribution in [0.3, 0.4) is 0 Å². The van der Waals surface area contributed by atoms with Gasteiger partial charge in [0, 0.05) is 30.0 Å². The quantitative estimate of drug-likeness (QED) is 0.756. The average molecular weight is 234 g/mol. The molecule has 6 nitrogen and oxygen atoms in total. The Morgan fingerprint density at radius 3 is 3.18 bits per heavy atom. The van der Waals surface area contributed by atoms with Crippen molar-refractivity contribution in [2.45, 2.75) is 26.4 Å². The Morgan fingerprint density at radius 1 is 1.59 bits per heavy atom. The van der Waals surface area contributed by atoms with Crippen molar-refractivity contribution in [3.63, 3.8) is 0 Å². The zero-order valence-electron chi connectivity index (χ0n) is 9.73. The number of hydrogen-bond donors (Lipinski definition) is 2. The Hall–Kier alpha value is -1.95. The van der Waals surface area contributed by atoms with Crippen LogP contribution in [-0.4, -0.2) is 22.0 Å². The van der Waals surface area contributed by atoms with Gasteiger partial charge >= 0.3 is 0 Å². The van der Waals surface area contributed by atoms with Crippen molar-refractivity contribution in [3.05, 3.63) is 29.9 Å². The first-order valence-corrected chi connectivity index (χ1v) is 5.37. The lowest BCUT2D eigenvalue weighted by Crippen LogP contribution is -2.30. The Bertz CT molecular complexity index is 457. The summed E-state index contributed by atoms with van der Waals surface area (Å²) in [5.74, 6) is 0.488. The number of rotatable bonds is 3. The maximum Gasteiger partial charge on any atom is 0.272 e. The van der Waals surface area contributed by atoms with E-state index in [2.05, 4.69) is 20.8 Å². The molecular formula is C11H14N4O2. The lowest BCUT2D eigenvalue weighted by molar-refractivity contribution is -0.133. The van der Waals surface area contributed by atoms with Crippen LogP contribution >= 0.6 is 0 Å². The molecule has 0 fully saturated rings. The van der Waals surface area contributed by atoms with E-state index in [1.54, 1.807) is 12.4 Å². The van der Waals surface area contributed by atoms with E-state index in [1.165, 1.54) is 6.33 Å². The number of carbonyl (C=O) groups is 1. The van der Waals surface area contributed by atoms with Gasteiger partial charge in [0.25, 0.3) is 5.91 Å². The Labute approximate surface area is 99.1 Å². The van der Waals surface area contributed by atoms with Crippen molar-refractivity contribution in [1.82, 2.24) is 15.4 Å². The third kappa shape index (κ3) is 2.79. The molecule has 0 saturated carbocycles. The Morgan fingerprint density at radius 2 is 2.41 bits per heavy atom. The summed E-state index contributed by atoms with van der Waals surface area (Å²) in [5, 5.41) is 2.95. The van der Waals surface area contributed by atoms with E-state index < -0.39 is 0 Å². The lowest BCUT2D eigenvalue weighted by atomic mass is 10.1. The maximum atomic E-state index is 11.7. The molecule has 2 heterocycles. The van der Waals surface area contributed by atoms with Gasteiger partial charge in [-0.2, -0.15) is 0 Å². The van der Waals surface area contributed by atoms with E-state index in [0.717, 1.165) is 11.4 Å². The van der Waals surface area contributed by atoms with Crippen molar-refractivity contribution in [3.8, 4) is 0 Å². The number of amides is 1. The largest absolute Gasteiger partial charge is 0.346 e. The van der Waals surface area contributed by atoms with Gasteiger partial charge in [-0.15, -0.1) is 0 Å². The van der Waals surface area contributed by atoms with Gasteiger partial charge in [-0.1, -0.05) is 0 Å². The minimum Gasteiger partial charge on any atom is -0.346 e. The highest BCUT2D eigenvalue weighted by Crippen LogP contribution is 2.20. The van der Waals surface area contributed by atoms with E-state index >= 15 is 0 Å². The third-order valence-electron chi connectivity index (χ3n) is 2.23. The van der Waals surface area contributed by atoms with Gasteiger partial charge in [-0.25, -0.2) is 15.4 Å². The van der Waals surface area contributed by atoms with Crippen molar-refractivity contribution in [2.24, 2.45) is 0 Å². The molecule has 2 N–H and O–H groups in total. The minimum atomic E-state index is -0.249. The standard InChI is InChI=1S/C11H14N4O2/c1-7(2)17-15-11(16)9-3-8-4-12-6-14-10(8)13-5-9/h4-7H,3H2,1-2H3,(H,15,16)(H,12,13,14). The first-order chi connectivity index (χ1) is 8.16. The van der Waals surface area contributed by atoms with E-state index in [0.29, 0.717) is 12.0 Å². The smallest absolute Gasteiger partial charge is 0.272 e. The van der Waals surface area contributed by atoms with Crippen LogP contribution in [0.15, 0.2) is 24.3 Å². The summed E-state index contributed by atoms with van der Waals surface area (Å²) >= 11 is 0. The number of hydroxylamine groups is 1. The van der Waals surface area contributed by atoms with Crippen LogP contribution < -0.4 is 10.8 Å². The van der Waals surface area contributed by atoms with Crippen LogP contribution in [0.5, 0.6) is 0 Å². The molecule has 0 aromatic carbocycles. The predicted molar refractivity (Wildman–Crippen MR) is 61.8 cm³/mol. The monoisotopic (exact) mass is 234 g/mol. The zero-order valence-corrected chi connectivity index (χ0v) is 9.73. The highest BCUT2D eigenvalue weighted by Gasteiger charge is 2.17. The van der Waals surface area contributed by atoms with Crippen LogP contribution in [0.25, 0.3) is 0 Å². The second-order valence-corrected chi connectivity index (χ2v) is 3.99. The normalized spacial score (nSPS) is 13.7. The summed E-state index contributed by atoms with van der Waals surface area (Å²) in [6.45, 7) is 3.69. The molecular weight excluding hydrogens is 220 g/mol. The summed E-state index contributed by atoms with van der Waals surface area (Å²) in [6.07, 6.45) is 5.24. The van der Waals surface area contributed by atoms with Gasteiger partial charge in [0.1, 0.15) is 12.1 Å². The molecule has 1 amide bonds. The third-order valence-corrected chi connectivity index (χ3v) is 2.23. The van der Waals surface area contributed by atoms with E-state index in [-0.39, 0.29) is 12.0 Å². The molecule has 0 radical (unpaired) electrons. The van der Waals surface area contributed by atoms with E-state index in [9.17, 15) is 4.79 Å². The van der Waals surface area contributed by atoms with Gasteiger partial charge in [0.05, 0.1) is 6.10 Å². The number of nitrogens with one attached hydrogen (secondary N) is 2. The van der Waals surface area contributed by atoms with Gasteiger partial charge in [-0.3, -0.25) is 9.63 Å². The maximum absolute atomic E-state index is 11.7. The number of carbonyl (C=O) groups excluding carboxylic acids is 1. The molecule has 1 aromatic heterocycles. The summed E-state index contributed by atoms with van der Waals surface area (Å²) in [7, 11) is 0. The van der Waals surface area contributed by atoms with Gasteiger partial charge in [0.2, 0.25) is 0 Å². The number of hydrogen-bond acceptors (Lipinski definition) is 5. The topological polar surface area (TPSA) is 76.1 Å². The van der Waals surface area contributed by atoms with Crippen LogP contribution in [0.1, 0.15) is 19.4 Å². The molecule has 1 aromatic rings. The van der Waals surface area contributed by atoms with Gasteiger partial charge < -0.3 is 5.32 Å². The summed E-state index contributed by atoms with van der Waals surface area (Å²) in [4.78, 5) is 24.8. The second kappa shape index (κ2) is 4.92. The van der Waals surface area contributed by atoms with Crippen LogP contribution in [0, 0.1) is 0 Å². The SMILES string of the molecule is CC(C)ONC(=O)C1=CNc2ncncc2C1. The average Bonchev–Trinajstić information content (AvgIpc) is 2.35. The molecule has 1 aliphatic rings. The fourth-order valence-electron chi connectivity index (χ4n) is 1.41. The number of nitrogens with zero attached hydrogens (tertiary/aromatic N) is 2. The minimum absolute atomic E-state index is 0.0493. The van der Waals surface area contributed by atoms with Crippen LogP contribution in [0.2, 0.25) is 0 Å². The molecule has 90 valence electrons. The molecule has 6 heteroatoms. The number of fused-ring (bicyclic) bond motifs is 1. The molecule has 2 rings (SSSR count).